The molecule has 0 amide bonds. The van der Waals surface area contributed by atoms with Crippen LogP contribution in [0.4, 0.5) is 0 Å². The van der Waals surface area contributed by atoms with Crippen molar-refractivity contribution in [3.05, 3.63) is 47.5 Å². The van der Waals surface area contributed by atoms with Crippen LogP contribution in [0.3, 0.4) is 0 Å². The van der Waals surface area contributed by atoms with E-state index >= 15 is 0 Å². The van der Waals surface area contributed by atoms with Gasteiger partial charge in [-0.25, -0.2) is 0 Å². The third-order valence-corrected chi connectivity index (χ3v) is 7.51. The van der Waals surface area contributed by atoms with Gasteiger partial charge in [0.1, 0.15) is 5.75 Å². The van der Waals surface area contributed by atoms with Crippen molar-refractivity contribution in [2.24, 2.45) is 5.41 Å². The molecule has 0 unspecified atom stereocenters. The first kappa shape index (κ1) is 34.5. The molecule has 0 fully saturated rings. The summed E-state index contributed by atoms with van der Waals surface area (Å²) in [6.45, 7) is 7.12. The zero-order valence-corrected chi connectivity index (χ0v) is 26.4. The summed E-state index contributed by atoms with van der Waals surface area (Å²) in [5.41, 5.74) is 1.69. The van der Waals surface area contributed by atoms with Crippen molar-refractivity contribution in [1.82, 2.24) is 0 Å². The highest BCUT2D eigenvalue weighted by Crippen LogP contribution is 2.40. The van der Waals surface area contributed by atoms with Gasteiger partial charge in [-0.05, 0) is 74.6 Å². The highest BCUT2D eigenvalue weighted by atomic mass is 16.5. The fourth-order valence-corrected chi connectivity index (χ4v) is 4.38. The molecule has 0 saturated carbocycles. The zero-order chi connectivity index (χ0) is 30.8. The van der Waals surface area contributed by atoms with Gasteiger partial charge in [0.05, 0.1) is 51.6 Å². The Morgan fingerprint density at radius 2 is 1.33 bits per heavy atom. The highest BCUT2D eigenvalue weighted by molar-refractivity contribution is 5.90. The van der Waals surface area contributed by atoms with Gasteiger partial charge in [0.25, 0.3) is 0 Å². The van der Waals surface area contributed by atoms with Gasteiger partial charge in [0, 0.05) is 0 Å². The van der Waals surface area contributed by atoms with Gasteiger partial charge >= 0.3 is 5.97 Å². The molecule has 0 atom stereocenters. The Morgan fingerprint density at radius 1 is 0.810 bits per heavy atom. The molecule has 0 aliphatic rings. The number of hydrogen-bond acceptors (Lipinski definition) is 7. The van der Waals surface area contributed by atoms with E-state index in [0.29, 0.717) is 41.6 Å². The second kappa shape index (κ2) is 18.7. The Bertz CT molecular complexity index is 1140. The van der Waals surface area contributed by atoms with Gasteiger partial charge in [0.2, 0.25) is 5.75 Å². The van der Waals surface area contributed by atoms with Gasteiger partial charge in [-0.2, -0.15) is 5.26 Å². The van der Waals surface area contributed by atoms with E-state index in [1.54, 1.807) is 33.5 Å². The van der Waals surface area contributed by atoms with E-state index in [9.17, 15) is 10.1 Å². The van der Waals surface area contributed by atoms with Gasteiger partial charge in [-0.15, -0.1) is 0 Å². The molecule has 0 aromatic heterocycles. The molecule has 0 N–H and O–H groups in total. The normalized spacial score (nSPS) is 11.5. The number of carbonyl (C=O) groups is 1. The second-order valence-corrected chi connectivity index (χ2v) is 11.1. The molecule has 0 radical (unpaired) electrons. The predicted molar refractivity (Wildman–Crippen MR) is 168 cm³/mol. The Morgan fingerprint density at radius 3 is 1.81 bits per heavy atom. The molecule has 0 aliphatic heterocycles. The third-order valence-electron chi connectivity index (χ3n) is 7.51. The Kier molecular flexibility index (Phi) is 15.4. The topological polar surface area (TPSA) is 87.0 Å². The van der Waals surface area contributed by atoms with E-state index in [4.69, 9.17) is 23.7 Å². The van der Waals surface area contributed by atoms with Crippen LogP contribution in [0, 0.1) is 16.7 Å². The molecule has 230 valence electrons. The molecule has 7 nitrogen and oxygen atoms in total. The maximum absolute atomic E-state index is 12.0. The van der Waals surface area contributed by atoms with E-state index < -0.39 is 0 Å². The van der Waals surface area contributed by atoms with Crippen LogP contribution in [0.2, 0.25) is 0 Å². The SMILES string of the molecule is CCC(C)(C)C(=O)OCCCCCCCCCCCOc1ccc(/C=C(\C#N)c2cc(OC)c(OC)c(OC)c2)cc1. The number of carbonyl (C=O) groups excluding carboxylic acids is 1. The van der Waals surface area contributed by atoms with Crippen LogP contribution in [0.15, 0.2) is 36.4 Å². The van der Waals surface area contributed by atoms with Gasteiger partial charge < -0.3 is 23.7 Å². The van der Waals surface area contributed by atoms with E-state index in [1.165, 1.54) is 32.1 Å². The molecule has 2 aromatic rings. The smallest absolute Gasteiger partial charge is 0.311 e. The zero-order valence-electron chi connectivity index (χ0n) is 26.4. The lowest BCUT2D eigenvalue weighted by Gasteiger charge is -2.20. The monoisotopic (exact) mass is 579 g/mol. The fraction of sp³-hybridized carbons (Fsp3) is 0.543. The van der Waals surface area contributed by atoms with Crippen LogP contribution in [0.25, 0.3) is 11.6 Å². The van der Waals surface area contributed by atoms with E-state index in [2.05, 4.69) is 6.07 Å². The van der Waals surface area contributed by atoms with Crippen molar-refractivity contribution < 1.29 is 28.5 Å². The van der Waals surface area contributed by atoms with Gasteiger partial charge in [-0.3, -0.25) is 4.79 Å². The first-order valence-electron chi connectivity index (χ1n) is 15.1. The Labute approximate surface area is 252 Å². The fourth-order valence-electron chi connectivity index (χ4n) is 4.38. The number of methoxy groups -OCH3 is 3. The predicted octanol–water partition coefficient (Wildman–Crippen LogP) is 8.65. The number of benzene rings is 2. The third kappa shape index (κ3) is 11.3. The summed E-state index contributed by atoms with van der Waals surface area (Å²) in [5.74, 6) is 2.23. The molecule has 0 spiro atoms. The summed E-state index contributed by atoms with van der Waals surface area (Å²) >= 11 is 0. The van der Waals surface area contributed by atoms with Gasteiger partial charge in [-0.1, -0.05) is 64.0 Å². The highest BCUT2D eigenvalue weighted by Gasteiger charge is 2.26. The van der Waals surface area contributed by atoms with Crippen molar-refractivity contribution in [2.45, 2.75) is 85.0 Å². The number of allylic oxidation sites excluding steroid dienone is 1. The van der Waals surface area contributed by atoms with Crippen molar-refractivity contribution in [2.75, 3.05) is 34.5 Å². The minimum atomic E-state index is -0.374. The molecule has 2 aromatic carbocycles. The number of hydrogen-bond donors (Lipinski definition) is 0. The quantitative estimate of drug-likeness (QED) is 0.0671. The van der Waals surface area contributed by atoms with Crippen LogP contribution >= 0.6 is 0 Å². The van der Waals surface area contributed by atoms with E-state index in [-0.39, 0.29) is 11.4 Å². The number of rotatable bonds is 20. The Balaban J connectivity index is 1.65. The largest absolute Gasteiger partial charge is 0.494 e. The molecular formula is C35H49NO6. The molecule has 7 heteroatoms. The summed E-state index contributed by atoms with van der Waals surface area (Å²) in [5, 5.41) is 9.80. The van der Waals surface area contributed by atoms with Crippen molar-refractivity contribution >= 4 is 17.6 Å². The van der Waals surface area contributed by atoms with Crippen LogP contribution < -0.4 is 18.9 Å². The minimum absolute atomic E-state index is 0.0820. The lowest BCUT2D eigenvalue weighted by atomic mass is 9.91. The second-order valence-electron chi connectivity index (χ2n) is 11.1. The molecule has 0 heterocycles. The van der Waals surface area contributed by atoms with Gasteiger partial charge in [0.15, 0.2) is 11.5 Å². The lowest BCUT2D eigenvalue weighted by molar-refractivity contribution is -0.154. The van der Waals surface area contributed by atoms with E-state index in [1.807, 2.05) is 51.1 Å². The lowest BCUT2D eigenvalue weighted by Crippen LogP contribution is -2.26. The standard InChI is InChI=1S/C35H49NO6/c1-7-35(2,3)34(37)42-22-16-14-12-10-8-9-11-13-15-21-41-30-19-17-27(18-20-30)23-29(26-36)28-24-31(38-4)33(40-6)32(25-28)39-5/h17-20,23-25H,7-16,21-22H2,1-6H3/b29-23+. The first-order valence-corrected chi connectivity index (χ1v) is 15.1. The molecular weight excluding hydrogens is 530 g/mol. The number of nitrogens with zero attached hydrogens (tertiary/aromatic N) is 1. The Hall–Kier alpha value is -3.66. The number of unbranched alkanes of at least 4 members (excludes halogenated alkanes) is 8. The average Bonchev–Trinajstić information content (AvgIpc) is 3.01. The summed E-state index contributed by atoms with van der Waals surface area (Å²) < 4.78 is 27.5. The first-order chi connectivity index (χ1) is 20.3. The van der Waals surface area contributed by atoms with Crippen LogP contribution in [0.5, 0.6) is 23.0 Å². The van der Waals surface area contributed by atoms with Crippen LogP contribution in [-0.2, 0) is 9.53 Å². The number of ether oxygens (including phenoxy) is 5. The minimum Gasteiger partial charge on any atom is -0.494 e. The summed E-state index contributed by atoms with van der Waals surface area (Å²) in [6, 6.07) is 13.6. The van der Waals surface area contributed by atoms with Crippen LogP contribution in [0.1, 0.15) is 96.1 Å². The van der Waals surface area contributed by atoms with Crippen molar-refractivity contribution in [1.29, 1.82) is 5.26 Å². The molecule has 0 saturated heterocycles. The molecule has 0 aliphatic carbocycles. The van der Waals surface area contributed by atoms with Crippen molar-refractivity contribution in [3.8, 4) is 29.1 Å². The summed E-state index contributed by atoms with van der Waals surface area (Å²) in [6.07, 6.45) is 13.0. The molecule has 0 bridgehead atoms. The summed E-state index contributed by atoms with van der Waals surface area (Å²) in [4.78, 5) is 12.0. The average molecular weight is 580 g/mol. The maximum Gasteiger partial charge on any atom is 0.311 e. The van der Waals surface area contributed by atoms with E-state index in [0.717, 1.165) is 43.4 Å². The summed E-state index contributed by atoms with van der Waals surface area (Å²) in [7, 11) is 4.66. The molecule has 2 rings (SSSR count). The van der Waals surface area contributed by atoms with Crippen molar-refractivity contribution in [3.63, 3.8) is 0 Å². The maximum atomic E-state index is 12.0. The number of esters is 1. The number of nitriles is 1. The molecule has 42 heavy (non-hydrogen) atoms. The van der Waals surface area contributed by atoms with Crippen LogP contribution in [-0.4, -0.2) is 40.5 Å².